The molecular weight excluding hydrogens is 307 g/mol. The monoisotopic (exact) mass is 322 g/mol. The highest BCUT2D eigenvalue weighted by molar-refractivity contribution is 7.89. The van der Waals surface area contributed by atoms with Crippen molar-refractivity contribution in [2.75, 3.05) is 19.6 Å². The Morgan fingerprint density at radius 3 is 2.21 bits per heavy atom. The fraction of sp³-hybridized carbons (Fsp3) is 0.500. The first-order chi connectivity index (χ1) is 8.96. The molecule has 1 aliphatic rings. The maximum atomic E-state index is 12.5. The fourth-order valence-electron chi connectivity index (χ4n) is 2.24. The van der Waals surface area contributed by atoms with Gasteiger partial charge in [0.15, 0.2) is 0 Å². The molecule has 0 spiro atoms. The summed E-state index contributed by atoms with van der Waals surface area (Å²) in [7, 11) is -3.63. The summed E-state index contributed by atoms with van der Waals surface area (Å²) in [5.41, 5.74) is 5.61. The fourth-order valence-corrected chi connectivity index (χ4v) is 4.80. The SMILES string of the molecule is NCC1CCN(S(=O)(=O)c2c(Cl)cccc2Cl)CC1. The van der Waals surface area contributed by atoms with Crippen LogP contribution < -0.4 is 5.73 Å². The van der Waals surface area contributed by atoms with Crippen molar-refractivity contribution in [1.82, 2.24) is 4.31 Å². The molecule has 0 unspecified atom stereocenters. The third-order valence-corrected chi connectivity index (χ3v) is 6.28. The van der Waals surface area contributed by atoms with E-state index in [2.05, 4.69) is 0 Å². The maximum Gasteiger partial charge on any atom is 0.246 e. The summed E-state index contributed by atoms with van der Waals surface area (Å²) in [4.78, 5) is 0.00420. The Labute approximate surface area is 123 Å². The molecule has 2 N–H and O–H groups in total. The normalized spacial score (nSPS) is 18.7. The molecule has 0 aromatic heterocycles. The van der Waals surface area contributed by atoms with Crippen molar-refractivity contribution in [3.63, 3.8) is 0 Å². The molecule has 1 heterocycles. The summed E-state index contributed by atoms with van der Waals surface area (Å²) in [5.74, 6) is 0.396. The molecule has 7 heteroatoms. The highest BCUT2D eigenvalue weighted by atomic mass is 35.5. The summed E-state index contributed by atoms with van der Waals surface area (Å²) in [6.07, 6.45) is 1.55. The van der Waals surface area contributed by atoms with Gasteiger partial charge in [-0.25, -0.2) is 8.42 Å². The molecule has 2 rings (SSSR count). The van der Waals surface area contributed by atoms with Gasteiger partial charge in [-0.15, -0.1) is 0 Å². The number of hydrogen-bond acceptors (Lipinski definition) is 3. The summed E-state index contributed by atoms with van der Waals surface area (Å²) in [6, 6.07) is 4.70. The van der Waals surface area contributed by atoms with Gasteiger partial charge >= 0.3 is 0 Å². The first kappa shape index (κ1) is 15.1. The lowest BCUT2D eigenvalue weighted by Crippen LogP contribution is -2.40. The lowest BCUT2D eigenvalue weighted by molar-refractivity contribution is 0.278. The van der Waals surface area contributed by atoms with Gasteiger partial charge in [0.25, 0.3) is 0 Å². The number of rotatable bonds is 3. The molecule has 0 amide bonds. The van der Waals surface area contributed by atoms with Crippen LogP contribution in [0, 0.1) is 5.92 Å². The molecule has 0 bridgehead atoms. The average molecular weight is 323 g/mol. The zero-order valence-electron chi connectivity index (χ0n) is 10.4. The first-order valence-electron chi connectivity index (χ1n) is 6.11. The molecule has 1 aliphatic heterocycles. The number of nitrogens with two attached hydrogens (primary N) is 1. The molecule has 1 saturated heterocycles. The number of hydrogen-bond donors (Lipinski definition) is 1. The molecule has 0 radical (unpaired) electrons. The van der Waals surface area contributed by atoms with Crippen molar-refractivity contribution in [3.05, 3.63) is 28.2 Å². The zero-order valence-corrected chi connectivity index (χ0v) is 12.7. The van der Waals surface area contributed by atoms with Gasteiger partial charge in [-0.2, -0.15) is 4.31 Å². The number of piperidine rings is 1. The van der Waals surface area contributed by atoms with Crippen LogP contribution in [-0.2, 0) is 10.0 Å². The van der Waals surface area contributed by atoms with Gasteiger partial charge in [0, 0.05) is 13.1 Å². The van der Waals surface area contributed by atoms with Crippen molar-refractivity contribution < 1.29 is 8.42 Å². The topological polar surface area (TPSA) is 63.4 Å². The average Bonchev–Trinajstić information content (AvgIpc) is 2.38. The van der Waals surface area contributed by atoms with Crippen molar-refractivity contribution in [2.24, 2.45) is 11.7 Å². The Kier molecular flexibility index (Phi) is 4.74. The highest BCUT2D eigenvalue weighted by Crippen LogP contribution is 2.33. The van der Waals surface area contributed by atoms with Crippen LogP contribution >= 0.6 is 23.2 Å². The maximum absolute atomic E-state index is 12.5. The smallest absolute Gasteiger partial charge is 0.246 e. The van der Waals surface area contributed by atoms with Crippen LogP contribution in [0.2, 0.25) is 10.0 Å². The standard InChI is InChI=1S/C12H16Cl2N2O2S/c13-10-2-1-3-11(14)12(10)19(17,18)16-6-4-9(8-15)5-7-16/h1-3,9H,4-8,15H2. The summed E-state index contributed by atoms with van der Waals surface area (Å²) < 4.78 is 26.5. The Morgan fingerprint density at radius 2 is 1.74 bits per heavy atom. The molecule has 19 heavy (non-hydrogen) atoms. The third kappa shape index (κ3) is 3.06. The van der Waals surface area contributed by atoms with Crippen LogP contribution in [-0.4, -0.2) is 32.4 Å². The Balaban J connectivity index is 2.29. The van der Waals surface area contributed by atoms with Gasteiger partial charge in [0.2, 0.25) is 10.0 Å². The van der Waals surface area contributed by atoms with E-state index in [0.29, 0.717) is 25.6 Å². The third-order valence-electron chi connectivity index (χ3n) is 3.42. The van der Waals surface area contributed by atoms with Gasteiger partial charge < -0.3 is 5.73 Å². The predicted molar refractivity (Wildman–Crippen MR) is 77.0 cm³/mol. The van der Waals surface area contributed by atoms with E-state index in [-0.39, 0.29) is 14.9 Å². The molecule has 1 fully saturated rings. The molecule has 0 saturated carbocycles. The van der Waals surface area contributed by atoms with Crippen LogP contribution in [0.5, 0.6) is 0 Å². The van der Waals surface area contributed by atoms with Crippen molar-refractivity contribution in [3.8, 4) is 0 Å². The van der Waals surface area contributed by atoms with E-state index in [1.807, 2.05) is 0 Å². The Hall–Kier alpha value is -0.330. The lowest BCUT2D eigenvalue weighted by Gasteiger charge is -2.30. The van der Waals surface area contributed by atoms with Crippen LogP contribution in [0.25, 0.3) is 0 Å². The van der Waals surface area contributed by atoms with Crippen molar-refractivity contribution in [2.45, 2.75) is 17.7 Å². The van der Waals surface area contributed by atoms with Gasteiger partial charge in [-0.1, -0.05) is 29.3 Å². The van der Waals surface area contributed by atoms with Crippen molar-refractivity contribution >= 4 is 33.2 Å². The molecule has 0 atom stereocenters. The van der Waals surface area contributed by atoms with E-state index < -0.39 is 10.0 Å². The van der Waals surface area contributed by atoms with Gasteiger partial charge in [-0.05, 0) is 37.4 Å². The minimum absolute atomic E-state index is 0.00420. The predicted octanol–water partition coefficient (Wildman–Crippen LogP) is 2.35. The zero-order chi connectivity index (χ0) is 14.0. The largest absolute Gasteiger partial charge is 0.330 e. The van der Waals surface area contributed by atoms with E-state index >= 15 is 0 Å². The van der Waals surface area contributed by atoms with E-state index in [4.69, 9.17) is 28.9 Å². The Bertz CT molecular complexity index is 535. The highest BCUT2D eigenvalue weighted by Gasteiger charge is 2.31. The number of nitrogens with zero attached hydrogens (tertiary/aromatic N) is 1. The minimum Gasteiger partial charge on any atom is -0.330 e. The van der Waals surface area contributed by atoms with Gasteiger partial charge in [0.05, 0.1) is 10.0 Å². The Morgan fingerprint density at radius 1 is 1.21 bits per heavy atom. The quantitative estimate of drug-likeness (QED) is 0.929. The van der Waals surface area contributed by atoms with Crippen LogP contribution in [0.4, 0.5) is 0 Å². The van der Waals surface area contributed by atoms with E-state index in [1.54, 1.807) is 6.07 Å². The second-order valence-corrected chi connectivity index (χ2v) is 7.32. The first-order valence-corrected chi connectivity index (χ1v) is 8.30. The summed E-state index contributed by atoms with van der Waals surface area (Å²) in [6.45, 7) is 1.53. The van der Waals surface area contributed by atoms with Crippen LogP contribution in [0.1, 0.15) is 12.8 Å². The lowest BCUT2D eigenvalue weighted by atomic mass is 9.99. The van der Waals surface area contributed by atoms with Gasteiger partial charge in [-0.3, -0.25) is 0 Å². The van der Waals surface area contributed by atoms with Gasteiger partial charge in [0.1, 0.15) is 4.90 Å². The summed E-state index contributed by atoms with van der Waals surface area (Å²) in [5, 5.41) is 0.321. The summed E-state index contributed by atoms with van der Waals surface area (Å²) >= 11 is 12.0. The number of benzene rings is 1. The molecule has 1 aromatic rings. The second-order valence-electron chi connectivity index (χ2n) is 4.63. The molecule has 1 aromatic carbocycles. The van der Waals surface area contributed by atoms with E-state index in [1.165, 1.54) is 16.4 Å². The molecule has 4 nitrogen and oxygen atoms in total. The molecular formula is C12H16Cl2N2O2S. The number of sulfonamides is 1. The van der Waals surface area contributed by atoms with Crippen LogP contribution in [0.3, 0.4) is 0 Å². The van der Waals surface area contributed by atoms with Crippen molar-refractivity contribution in [1.29, 1.82) is 0 Å². The van der Waals surface area contributed by atoms with E-state index in [9.17, 15) is 8.42 Å². The second kappa shape index (κ2) is 5.97. The minimum atomic E-state index is -3.63. The number of halogens is 2. The molecule has 106 valence electrons. The van der Waals surface area contributed by atoms with Crippen LogP contribution in [0.15, 0.2) is 23.1 Å². The molecule has 0 aliphatic carbocycles. The van der Waals surface area contributed by atoms with E-state index in [0.717, 1.165) is 12.8 Å².